The number of carbonyl (C=O) groups excluding carboxylic acids is 2. The number of rotatable bonds is 7. The van der Waals surface area contributed by atoms with Crippen molar-refractivity contribution in [2.75, 3.05) is 18.5 Å². The van der Waals surface area contributed by atoms with Crippen LogP contribution in [0.3, 0.4) is 0 Å². The molecule has 0 saturated heterocycles. The number of ether oxygens (including phenoxy) is 2. The van der Waals surface area contributed by atoms with Crippen molar-refractivity contribution in [1.29, 1.82) is 0 Å². The standard InChI is InChI=1S/C23H25N3O5S/c1-3-30-16-11-9-15(10-12-16)26-22(28)18-17(19(25-26)23(29)31-4-2)13-32-21(18)24-20(27)14-7-5-6-8-14/h9-14H,3-8H2,1-2H3,(H,24,27). The van der Waals surface area contributed by atoms with Crippen molar-refractivity contribution in [3.05, 3.63) is 45.7 Å². The van der Waals surface area contributed by atoms with Crippen LogP contribution < -0.4 is 15.6 Å². The molecule has 1 aromatic carbocycles. The summed E-state index contributed by atoms with van der Waals surface area (Å²) in [6.07, 6.45) is 3.76. The Morgan fingerprint density at radius 3 is 2.53 bits per heavy atom. The summed E-state index contributed by atoms with van der Waals surface area (Å²) in [4.78, 5) is 38.8. The minimum atomic E-state index is -0.622. The van der Waals surface area contributed by atoms with Gasteiger partial charge in [0.1, 0.15) is 10.8 Å². The van der Waals surface area contributed by atoms with Gasteiger partial charge in [0.25, 0.3) is 5.56 Å². The summed E-state index contributed by atoms with van der Waals surface area (Å²) in [5.74, 6) is -0.0979. The molecule has 2 heterocycles. The van der Waals surface area contributed by atoms with E-state index in [4.69, 9.17) is 9.47 Å². The molecule has 2 aromatic heterocycles. The van der Waals surface area contributed by atoms with Crippen molar-refractivity contribution in [3.8, 4) is 11.4 Å². The van der Waals surface area contributed by atoms with Gasteiger partial charge in [-0.3, -0.25) is 9.59 Å². The van der Waals surface area contributed by atoms with Gasteiger partial charge >= 0.3 is 5.97 Å². The molecule has 1 saturated carbocycles. The maximum absolute atomic E-state index is 13.4. The summed E-state index contributed by atoms with van der Waals surface area (Å²) in [7, 11) is 0. The fraction of sp³-hybridized carbons (Fsp3) is 0.391. The molecular formula is C23H25N3O5S. The van der Waals surface area contributed by atoms with E-state index in [9.17, 15) is 14.4 Å². The van der Waals surface area contributed by atoms with E-state index in [0.29, 0.717) is 28.4 Å². The van der Waals surface area contributed by atoms with E-state index < -0.39 is 11.5 Å². The summed E-state index contributed by atoms with van der Waals surface area (Å²) in [6, 6.07) is 6.86. The van der Waals surface area contributed by atoms with Gasteiger partial charge in [-0.2, -0.15) is 9.78 Å². The summed E-state index contributed by atoms with van der Waals surface area (Å²) in [6.45, 7) is 4.30. The third kappa shape index (κ3) is 4.25. The second-order valence-corrected chi connectivity index (χ2v) is 8.42. The molecule has 3 aromatic rings. The lowest BCUT2D eigenvalue weighted by Gasteiger charge is -2.12. The van der Waals surface area contributed by atoms with Crippen LogP contribution in [-0.2, 0) is 9.53 Å². The molecule has 0 aliphatic heterocycles. The molecule has 1 aliphatic rings. The predicted octanol–water partition coefficient (Wildman–Crippen LogP) is 4.15. The zero-order chi connectivity index (χ0) is 22.7. The van der Waals surface area contributed by atoms with Gasteiger partial charge < -0.3 is 14.8 Å². The van der Waals surface area contributed by atoms with E-state index in [1.165, 1.54) is 16.0 Å². The lowest BCUT2D eigenvalue weighted by atomic mass is 10.1. The Labute approximate surface area is 189 Å². The van der Waals surface area contributed by atoms with Crippen LogP contribution in [0.1, 0.15) is 50.0 Å². The monoisotopic (exact) mass is 455 g/mol. The predicted molar refractivity (Wildman–Crippen MR) is 123 cm³/mol. The summed E-state index contributed by atoms with van der Waals surface area (Å²) >= 11 is 1.21. The first-order chi connectivity index (χ1) is 15.5. The average molecular weight is 456 g/mol. The van der Waals surface area contributed by atoms with Crippen LogP contribution in [0.4, 0.5) is 5.00 Å². The van der Waals surface area contributed by atoms with E-state index in [-0.39, 0.29) is 29.5 Å². The smallest absolute Gasteiger partial charge is 0.359 e. The molecule has 0 bridgehead atoms. The minimum Gasteiger partial charge on any atom is -0.494 e. The third-order valence-corrected chi connectivity index (χ3v) is 6.37. The normalized spacial score (nSPS) is 13.9. The van der Waals surface area contributed by atoms with E-state index in [1.807, 2.05) is 6.92 Å². The molecule has 0 spiro atoms. The number of hydrogen-bond acceptors (Lipinski definition) is 7. The first-order valence-electron chi connectivity index (χ1n) is 10.8. The van der Waals surface area contributed by atoms with Gasteiger partial charge in [0.05, 0.1) is 24.3 Å². The molecule has 1 amide bonds. The Morgan fingerprint density at radius 2 is 1.88 bits per heavy atom. The van der Waals surface area contributed by atoms with Crippen LogP contribution in [-0.4, -0.2) is 34.9 Å². The second kappa shape index (κ2) is 9.52. The fourth-order valence-corrected chi connectivity index (χ4v) is 4.86. The number of fused-ring (bicyclic) bond motifs is 1. The zero-order valence-electron chi connectivity index (χ0n) is 18.1. The maximum atomic E-state index is 13.4. The molecule has 168 valence electrons. The molecule has 0 unspecified atom stereocenters. The number of esters is 1. The summed E-state index contributed by atoms with van der Waals surface area (Å²) < 4.78 is 11.8. The Morgan fingerprint density at radius 1 is 1.16 bits per heavy atom. The van der Waals surface area contributed by atoms with E-state index in [1.54, 1.807) is 36.6 Å². The first kappa shape index (κ1) is 22.0. The summed E-state index contributed by atoms with van der Waals surface area (Å²) in [5.41, 5.74) is 0.0956. The maximum Gasteiger partial charge on any atom is 0.359 e. The van der Waals surface area contributed by atoms with Crippen LogP contribution in [0.2, 0.25) is 0 Å². The van der Waals surface area contributed by atoms with Crippen molar-refractivity contribution in [3.63, 3.8) is 0 Å². The van der Waals surface area contributed by atoms with Gasteiger partial charge in [-0.05, 0) is 51.0 Å². The van der Waals surface area contributed by atoms with Gasteiger partial charge in [-0.15, -0.1) is 11.3 Å². The molecule has 8 nitrogen and oxygen atoms in total. The molecule has 1 fully saturated rings. The van der Waals surface area contributed by atoms with Gasteiger partial charge in [0, 0.05) is 16.7 Å². The number of nitrogens with zero attached hydrogens (tertiary/aromatic N) is 2. The fourth-order valence-electron chi connectivity index (χ4n) is 3.92. The SMILES string of the molecule is CCOC(=O)c1nn(-c2ccc(OCC)cc2)c(=O)c2c(NC(=O)C3CCCC3)scc12. The van der Waals surface area contributed by atoms with Gasteiger partial charge in [-0.1, -0.05) is 12.8 Å². The van der Waals surface area contributed by atoms with Crippen LogP contribution in [0.5, 0.6) is 5.75 Å². The number of benzene rings is 1. The highest BCUT2D eigenvalue weighted by molar-refractivity contribution is 7.16. The lowest BCUT2D eigenvalue weighted by molar-refractivity contribution is -0.119. The van der Waals surface area contributed by atoms with Crippen molar-refractivity contribution >= 4 is 39.0 Å². The molecule has 32 heavy (non-hydrogen) atoms. The first-order valence-corrected chi connectivity index (χ1v) is 11.7. The molecule has 1 aliphatic carbocycles. The van der Waals surface area contributed by atoms with Gasteiger partial charge in [-0.25, -0.2) is 4.79 Å². The topological polar surface area (TPSA) is 99.5 Å². The number of amides is 1. The Bertz CT molecular complexity index is 1190. The molecule has 1 N–H and O–H groups in total. The molecule has 9 heteroatoms. The van der Waals surface area contributed by atoms with Crippen molar-refractivity contribution < 1.29 is 19.1 Å². The number of hydrogen-bond donors (Lipinski definition) is 1. The van der Waals surface area contributed by atoms with E-state index in [2.05, 4.69) is 10.4 Å². The number of anilines is 1. The third-order valence-electron chi connectivity index (χ3n) is 5.48. The summed E-state index contributed by atoms with van der Waals surface area (Å²) in [5, 5.41) is 9.96. The average Bonchev–Trinajstić information content (AvgIpc) is 3.46. The highest BCUT2D eigenvalue weighted by Gasteiger charge is 2.26. The van der Waals surface area contributed by atoms with E-state index in [0.717, 1.165) is 25.7 Å². The lowest BCUT2D eigenvalue weighted by Crippen LogP contribution is -2.26. The highest BCUT2D eigenvalue weighted by atomic mass is 32.1. The van der Waals surface area contributed by atoms with E-state index >= 15 is 0 Å². The Balaban J connectivity index is 1.82. The molecule has 0 atom stereocenters. The van der Waals surface area contributed by atoms with Crippen LogP contribution in [0.25, 0.3) is 16.5 Å². The zero-order valence-corrected chi connectivity index (χ0v) is 18.9. The van der Waals surface area contributed by atoms with Gasteiger partial charge in [0.15, 0.2) is 5.69 Å². The quantitative estimate of drug-likeness (QED) is 0.537. The number of carbonyl (C=O) groups is 2. The largest absolute Gasteiger partial charge is 0.494 e. The van der Waals surface area contributed by atoms with Crippen LogP contribution in [0.15, 0.2) is 34.4 Å². The second-order valence-electron chi connectivity index (χ2n) is 7.54. The Kier molecular flexibility index (Phi) is 6.55. The van der Waals surface area contributed by atoms with Crippen molar-refractivity contribution in [1.82, 2.24) is 9.78 Å². The van der Waals surface area contributed by atoms with Gasteiger partial charge in [0.2, 0.25) is 5.91 Å². The number of thiophene rings is 1. The molecule has 0 radical (unpaired) electrons. The van der Waals surface area contributed by atoms with Crippen LogP contribution in [0, 0.1) is 5.92 Å². The number of aromatic nitrogens is 2. The molecule has 4 rings (SSSR count). The van der Waals surface area contributed by atoms with Crippen molar-refractivity contribution in [2.24, 2.45) is 5.92 Å². The highest BCUT2D eigenvalue weighted by Crippen LogP contribution is 2.33. The molecular weight excluding hydrogens is 430 g/mol. The van der Waals surface area contributed by atoms with Crippen LogP contribution >= 0.6 is 11.3 Å². The number of nitrogens with one attached hydrogen (secondary N) is 1. The minimum absolute atomic E-state index is 0.0351. The Hall–Kier alpha value is -3.20. The van der Waals surface area contributed by atoms with Crippen molar-refractivity contribution in [2.45, 2.75) is 39.5 Å².